The van der Waals surface area contributed by atoms with Gasteiger partial charge in [0.05, 0.1) is 5.56 Å². The average Bonchev–Trinajstić information content (AvgIpc) is 3.31. The summed E-state index contributed by atoms with van der Waals surface area (Å²) in [5.74, 6) is -0.356. The minimum Gasteiger partial charge on any atom is -0.405 e. The molecule has 1 atom stereocenters. The fourth-order valence-electron chi connectivity index (χ4n) is 2.67. The summed E-state index contributed by atoms with van der Waals surface area (Å²) in [5.41, 5.74) is 1.43. The lowest BCUT2D eigenvalue weighted by molar-refractivity contribution is -0.274. The number of aromatic nitrogens is 2. The molecule has 0 N–H and O–H groups in total. The molecule has 2 aromatic carbocycles. The lowest BCUT2D eigenvalue weighted by atomic mass is 10.0. The van der Waals surface area contributed by atoms with Crippen molar-refractivity contribution in [3.8, 4) is 17.1 Å². The molecule has 0 radical (unpaired) electrons. The molecule has 3 aromatic rings. The largest absolute Gasteiger partial charge is 0.573 e. The number of ether oxygens (including phenoxy) is 1. The van der Waals surface area contributed by atoms with Crippen molar-refractivity contribution in [3.63, 3.8) is 0 Å². The SMILES string of the molecule is FC(F)(F)Oc1ccccc1-c1noc(C2=NOC(c3ccccc3)C2)n1. The lowest BCUT2D eigenvalue weighted by Gasteiger charge is -2.10. The highest BCUT2D eigenvalue weighted by Gasteiger charge is 2.33. The van der Waals surface area contributed by atoms with E-state index in [-0.39, 0.29) is 23.4 Å². The number of halogens is 3. The first-order chi connectivity index (χ1) is 13.0. The topological polar surface area (TPSA) is 69.7 Å². The lowest BCUT2D eigenvalue weighted by Crippen LogP contribution is -2.17. The molecule has 1 aliphatic rings. The maximum Gasteiger partial charge on any atom is 0.573 e. The minimum absolute atomic E-state index is 0.0317. The third-order valence-electron chi connectivity index (χ3n) is 3.87. The summed E-state index contributed by atoms with van der Waals surface area (Å²) in [6, 6.07) is 15.1. The summed E-state index contributed by atoms with van der Waals surface area (Å²) >= 11 is 0. The smallest absolute Gasteiger partial charge is 0.405 e. The van der Waals surface area contributed by atoms with Crippen molar-refractivity contribution in [3.05, 3.63) is 66.1 Å². The van der Waals surface area contributed by atoms with E-state index in [1.54, 1.807) is 6.07 Å². The van der Waals surface area contributed by atoms with Crippen LogP contribution in [0.25, 0.3) is 11.4 Å². The highest BCUT2D eigenvalue weighted by Crippen LogP contribution is 2.33. The van der Waals surface area contributed by atoms with Crippen LogP contribution in [0.3, 0.4) is 0 Å². The maximum absolute atomic E-state index is 12.6. The predicted octanol–water partition coefficient (Wildman–Crippen LogP) is 4.50. The van der Waals surface area contributed by atoms with Gasteiger partial charge in [-0.1, -0.05) is 52.8 Å². The van der Waals surface area contributed by atoms with Crippen LogP contribution >= 0.6 is 0 Å². The molecule has 4 rings (SSSR count). The number of benzene rings is 2. The summed E-state index contributed by atoms with van der Waals surface area (Å²) < 4.78 is 46.9. The van der Waals surface area contributed by atoms with Gasteiger partial charge in [0.2, 0.25) is 5.82 Å². The van der Waals surface area contributed by atoms with Gasteiger partial charge in [0.25, 0.3) is 5.89 Å². The third kappa shape index (κ3) is 3.76. The van der Waals surface area contributed by atoms with E-state index in [1.807, 2.05) is 30.3 Å². The second-order valence-corrected chi connectivity index (χ2v) is 5.71. The zero-order chi connectivity index (χ0) is 18.9. The highest BCUT2D eigenvalue weighted by atomic mass is 19.4. The quantitative estimate of drug-likeness (QED) is 0.672. The number of para-hydroxylation sites is 1. The van der Waals surface area contributed by atoms with Crippen molar-refractivity contribution in [1.82, 2.24) is 10.1 Å². The van der Waals surface area contributed by atoms with Crippen molar-refractivity contribution in [2.45, 2.75) is 18.9 Å². The summed E-state index contributed by atoms with van der Waals surface area (Å²) in [4.78, 5) is 9.54. The molecule has 6 nitrogen and oxygen atoms in total. The number of nitrogens with zero attached hydrogens (tertiary/aromatic N) is 3. The van der Waals surface area contributed by atoms with E-state index < -0.39 is 12.1 Å². The summed E-state index contributed by atoms with van der Waals surface area (Å²) in [7, 11) is 0. The van der Waals surface area contributed by atoms with Crippen LogP contribution in [0.15, 0.2) is 64.3 Å². The van der Waals surface area contributed by atoms with Crippen molar-refractivity contribution >= 4 is 5.71 Å². The van der Waals surface area contributed by atoms with E-state index in [1.165, 1.54) is 18.2 Å². The Morgan fingerprint density at radius 3 is 2.52 bits per heavy atom. The standard InChI is InChI=1S/C18H12F3N3O3/c19-18(20,21)25-14-9-5-4-8-12(14)16-22-17(27-24-16)13-10-15(26-23-13)11-6-2-1-3-7-11/h1-9,15H,10H2. The van der Waals surface area contributed by atoms with E-state index in [0.717, 1.165) is 5.56 Å². The van der Waals surface area contributed by atoms with Crippen molar-refractivity contribution in [2.24, 2.45) is 5.16 Å². The van der Waals surface area contributed by atoms with Gasteiger partial charge in [-0.05, 0) is 17.7 Å². The van der Waals surface area contributed by atoms with E-state index in [2.05, 4.69) is 20.0 Å². The number of alkyl halides is 3. The van der Waals surface area contributed by atoms with E-state index in [0.29, 0.717) is 12.1 Å². The van der Waals surface area contributed by atoms with Gasteiger partial charge in [-0.25, -0.2) is 0 Å². The second kappa shape index (κ2) is 6.75. The molecule has 138 valence electrons. The zero-order valence-electron chi connectivity index (χ0n) is 13.7. The third-order valence-corrected chi connectivity index (χ3v) is 3.87. The van der Waals surface area contributed by atoms with Crippen LogP contribution in [0.5, 0.6) is 5.75 Å². The van der Waals surface area contributed by atoms with Crippen LogP contribution in [-0.4, -0.2) is 22.2 Å². The van der Waals surface area contributed by atoms with Gasteiger partial charge in [0, 0.05) is 6.42 Å². The normalized spacial score (nSPS) is 16.7. The average molecular weight is 375 g/mol. The molecule has 0 aliphatic carbocycles. The second-order valence-electron chi connectivity index (χ2n) is 5.71. The monoisotopic (exact) mass is 375 g/mol. The van der Waals surface area contributed by atoms with Crippen molar-refractivity contribution < 1.29 is 27.3 Å². The fourth-order valence-corrected chi connectivity index (χ4v) is 2.67. The number of hydrogen-bond acceptors (Lipinski definition) is 6. The molecule has 1 aromatic heterocycles. The Morgan fingerprint density at radius 2 is 1.74 bits per heavy atom. The van der Waals surface area contributed by atoms with E-state index in [4.69, 9.17) is 9.36 Å². The zero-order valence-corrected chi connectivity index (χ0v) is 13.7. The van der Waals surface area contributed by atoms with Gasteiger partial charge >= 0.3 is 6.36 Å². The molecule has 0 saturated heterocycles. The van der Waals surface area contributed by atoms with Gasteiger partial charge in [0.1, 0.15) is 11.5 Å². The molecular formula is C18H12F3N3O3. The highest BCUT2D eigenvalue weighted by molar-refractivity contribution is 5.97. The van der Waals surface area contributed by atoms with Gasteiger partial charge in [-0.3, -0.25) is 0 Å². The van der Waals surface area contributed by atoms with E-state index >= 15 is 0 Å². The fraction of sp³-hybridized carbons (Fsp3) is 0.167. The van der Waals surface area contributed by atoms with Crippen molar-refractivity contribution in [1.29, 1.82) is 0 Å². The Morgan fingerprint density at radius 1 is 1.00 bits per heavy atom. The Balaban J connectivity index is 1.55. The Bertz CT molecular complexity index is 970. The Kier molecular flexibility index (Phi) is 4.27. The van der Waals surface area contributed by atoms with Gasteiger partial charge in [-0.15, -0.1) is 13.2 Å². The van der Waals surface area contributed by atoms with Crippen LogP contribution in [0.1, 0.15) is 24.0 Å². The molecule has 1 aliphatic heterocycles. The molecule has 9 heteroatoms. The number of rotatable bonds is 4. The van der Waals surface area contributed by atoms with E-state index in [9.17, 15) is 13.2 Å². The molecule has 2 heterocycles. The molecule has 27 heavy (non-hydrogen) atoms. The van der Waals surface area contributed by atoms with Crippen LogP contribution in [0, 0.1) is 0 Å². The first kappa shape index (κ1) is 17.1. The van der Waals surface area contributed by atoms with Crippen LogP contribution in [0.4, 0.5) is 13.2 Å². The molecule has 0 spiro atoms. The summed E-state index contributed by atoms with van der Waals surface area (Å²) in [6.07, 6.45) is -4.70. The van der Waals surface area contributed by atoms with Crippen LogP contribution in [-0.2, 0) is 4.84 Å². The molecular weight excluding hydrogens is 363 g/mol. The van der Waals surface area contributed by atoms with Gasteiger partial charge < -0.3 is 14.1 Å². The van der Waals surface area contributed by atoms with Crippen LogP contribution < -0.4 is 4.74 Å². The first-order valence-electron chi connectivity index (χ1n) is 7.96. The number of hydrogen-bond donors (Lipinski definition) is 0. The first-order valence-corrected chi connectivity index (χ1v) is 7.96. The molecule has 0 bridgehead atoms. The minimum atomic E-state index is -4.82. The number of oxime groups is 1. The summed E-state index contributed by atoms with van der Waals surface area (Å²) in [6.45, 7) is 0. The predicted molar refractivity (Wildman–Crippen MR) is 87.8 cm³/mol. The molecule has 1 unspecified atom stereocenters. The van der Waals surface area contributed by atoms with Crippen LogP contribution in [0.2, 0.25) is 0 Å². The molecule has 0 saturated carbocycles. The molecule has 0 fully saturated rings. The van der Waals surface area contributed by atoms with Gasteiger partial charge in [0.15, 0.2) is 6.10 Å². The van der Waals surface area contributed by atoms with Crippen molar-refractivity contribution in [2.75, 3.05) is 0 Å². The van der Waals surface area contributed by atoms with Gasteiger partial charge in [-0.2, -0.15) is 4.98 Å². The Labute approximate surface area is 151 Å². The maximum atomic E-state index is 12.6. The Hall–Kier alpha value is -3.36. The summed E-state index contributed by atoms with van der Waals surface area (Å²) in [5, 5.41) is 7.71. The molecule has 0 amide bonds.